The number of ether oxygens (including phenoxy) is 1. The number of hydrogen-bond acceptors (Lipinski definition) is 4. The van der Waals surface area contributed by atoms with Crippen molar-refractivity contribution in [2.24, 2.45) is 5.73 Å². The molecular formula is C17H16F2N2O4. The van der Waals surface area contributed by atoms with Gasteiger partial charge in [-0.05, 0) is 35.9 Å². The molecule has 132 valence electrons. The van der Waals surface area contributed by atoms with Crippen LogP contribution in [0.4, 0.5) is 8.78 Å². The van der Waals surface area contributed by atoms with Gasteiger partial charge in [-0.3, -0.25) is 9.59 Å². The Bertz CT molecular complexity index is 783. The lowest BCUT2D eigenvalue weighted by Gasteiger charge is -2.13. The van der Waals surface area contributed by atoms with Crippen molar-refractivity contribution in [2.75, 3.05) is 6.61 Å². The fourth-order valence-corrected chi connectivity index (χ4v) is 2.00. The summed E-state index contributed by atoms with van der Waals surface area (Å²) in [6.45, 7) is -0.715. The third-order valence-electron chi connectivity index (χ3n) is 3.31. The summed E-state index contributed by atoms with van der Waals surface area (Å²) in [6.07, 6.45) is 0. The highest BCUT2D eigenvalue weighted by atomic mass is 19.1. The zero-order valence-corrected chi connectivity index (χ0v) is 13.0. The lowest BCUT2D eigenvalue weighted by atomic mass is 10.1. The quantitative estimate of drug-likeness (QED) is 0.696. The second kappa shape index (κ2) is 8.20. The maximum Gasteiger partial charge on any atom is 0.252 e. The molecule has 0 aliphatic rings. The molecule has 0 spiro atoms. The normalized spacial score (nSPS) is 11.6. The lowest BCUT2D eigenvalue weighted by Crippen LogP contribution is -2.46. The predicted octanol–water partition coefficient (Wildman–Crippen LogP) is 1.12. The first-order valence-electron chi connectivity index (χ1n) is 7.28. The van der Waals surface area contributed by atoms with Gasteiger partial charge in [0, 0.05) is 5.56 Å². The first kappa shape index (κ1) is 18.3. The standard InChI is InChI=1S/C17H16F2N2O4/c18-12-3-1-2-10(6-12)9-25-15-5-4-11(7-13(15)19)17(24)21-14(8-22)16(20)23/h1-7,14,22H,8-9H2,(H2,20,23)(H,21,24)/t14-/m0/s1. The van der Waals surface area contributed by atoms with Gasteiger partial charge >= 0.3 is 0 Å². The fraction of sp³-hybridized carbons (Fsp3) is 0.176. The van der Waals surface area contributed by atoms with Crippen LogP contribution in [-0.4, -0.2) is 29.6 Å². The number of aliphatic hydroxyl groups is 1. The Morgan fingerprint density at radius 1 is 1.20 bits per heavy atom. The fourth-order valence-electron chi connectivity index (χ4n) is 2.00. The number of aliphatic hydroxyl groups excluding tert-OH is 1. The molecule has 0 unspecified atom stereocenters. The first-order chi connectivity index (χ1) is 11.9. The molecule has 4 N–H and O–H groups in total. The van der Waals surface area contributed by atoms with Crippen LogP contribution >= 0.6 is 0 Å². The minimum Gasteiger partial charge on any atom is -0.486 e. The number of amides is 2. The Balaban J connectivity index is 2.04. The summed E-state index contributed by atoms with van der Waals surface area (Å²) < 4.78 is 32.4. The number of benzene rings is 2. The van der Waals surface area contributed by atoms with E-state index in [2.05, 4.69) is 5.32 Å². The highest BCUT2D eigenvalue weighted by Crippen LogP contribution is 2.20. The van der Waals surface area contributed by atoms with E-state index in [-0.39, 0.29) is 17.9 Å². The summed E-state index contributed by atoms with van der Waals surface area (Å²) in [7, 11) is 0. The van der Waals surface area contributed by atoms with Crippen LogP contribution in [0.5, 0.6) is 5.75 Å². The minimum absolute atomic E-state index is 0.0471. The molecule has 0 aromatic heterocycles. The van der Waals surface area contributed by atoms with Crippen LogP contribution in [0.2, 0.25) is 0 Å². The van der Waals surface area contributed by atoms with E-state index in [1.165, 1.54) is 30.3 Å². The van der Waals surface area contributed by atoms with Gasteiger partial charge in [0.25, 0.3) is 5.91 Å². The summed E-state index contributed by atoms with van der Waals surface area (Å²) in [5.74, 6) is -3.03. The third-order valence-corrected chi connectivity index (χ3v) is 3.31. The molecule has 0 radical (unpaired) electrons. The molecule has 25 heavy (non-hydrogen) atoms. The van der Waals surface area contributed by atoms with Crippen LogP contribution in [0.3, 0.4) is 0 Å². The average molecular weight is 350 g/mol. The van der Waals surface area contributed by atoms with Crippen molar-refractivity contribution in [3.05, 3.63) is 65.2 Å². The van der Waals surface area contributed by atoms with E-state index in [1.54, 1.807) is 6.07 Å². The van der Waals surface area contributed by atoms with Crippen LogP contribution in [0, 0.1) is 11.6 Å². The summed E-state index contributed by atoms with van der Waals surface area (Å²) >= 11 is 0. The molecule has 0 heterocycles. The summed E-state index contributed by atoms with van der Waals surface area (Å²) in [5, 5.41) is 11.1. The smallest absolute Gasteiger partial charge is 0.252 e. The predicted molar refractivity (Wildman–Crippen MR) is 84.7 cm³/mol. The number of halogens is 2. The summed E-state index contributed by atoms with van der Waals surface area (Å²) in [5.41, 5.74) is 5.45. The van der Waals surface area contributed by atoms with Crippen LogP contribution in [-0.2, 0) is 11.4 Å². The third kappa shape index (κ3) is 4.98. The topological polar surface area (TPSA) is 102 Å². The van der Waals surface area contributed by atoms with E-state index < -0.39 is 36.1 Å². The van der Waals surface area contributed by atoms with E-state index in [0.29, 0.717) is 5.56 Å². The Kier molecular flexibility index (Phi) is 6.02. The zero-order valence-electron chi connectivity index (χ0n) is 13.0. The number of rotatable bonds is 7. The van der Waals surface area contributed by atoms with Crippen molar-refractivity contribution >= 4 is 11.8 Å². The van der Waals surface area contributed by atoms with Crippen molar-refractivity contribution in [3.8, 4) is 5.75 Å². The maximum absolute atomic E-state index is 14.1. The number of nitrogens with one attached hydrogen (secondary N) is 1. The van der Waals surface area contributed by atoms with E-state index in [0.717, 1.165) is 6.07 Å². The number of primary amides is 1. The van der Waals surface area contributed by atoms with Crippen molar-refractivity contribution in [2.45, 2.75) is 12.6 Å². The van der Waals surface area contributed by atoms with E-state index in [9.17, 15) is 18.4 Å². The molecule has 0 bridgehead atoms. The molecule has 0 fully saturated rings. The van der Waals surface area contributed by atoms with Gasteiger partial charge in [-0.15, -0.1) is 0 Å². The molecule has 0 saturated heterocycles. The highest BCUT2D eigenvalue weighted by molar-refractivity contribution is 5.97. The number of carbonyl (C=O) groups excluding carboxylic acids is 2. The van der Waals surface area contributed by atoms with Crippen LogP contribution < -0.4 is 15.8 Å². The van der Waals surface area contributed by atoms with Crippen molar-refractivity contribution < 1.29 is 28.2 Å². The SMILES string of the molecule is NC(=O)[C@H](CO)NC(=O)c1ccc(OCc2cccc(F)c2)c(F)c1. The first-order valence-corrected chi connectivity index (χ1v) is 7.28. The zero-order chi connectivity index (χ0) is 18.4. The molecule has 0 saturated carbocycles. The molecule has 2 aromatic rings. The van der Waals surface area contributed by atoms with E-state index in [4.69, 9.17) is 15.6 Å². The molecule has 0 aliphatic carbocycles. The Morgan fingerprint density at radius 2 is 1.96 bits per heavy atom. The van der Waals surface area contributed by atoms with Gasteiger partial charge in [0.05, 0.1) is 6.61 Å². The van der Waals surface area contributed by atoms with Gasteiger partial charge in [-0.1, -0.05) is 12.1 Å². The van der Waals surface area contributed by atoms with Crippen molar-refractivity contribution in [1.29, 1.82) is 0 Å². The molecule has 0 aliphatic heterocycles. The molecule has 2 rings (SSSR count). The largest absolute Gasteiger partial charge is 0.486 e. The molecule has 2 aromatic carbocycles. The van der Waals surface area contributed by atoms with Gasteiger partial charge in [0.1, 0.15) is 18.5 Å². The second-order valence-electron chi connectivity index (χ2n) is 5.17. The lowest BCUT2D eigenvalue weighted by molar-refractivity contribution is -0.120. The van der Waals surface area contributed by atoms with Gasteiger partial charge in [0.15, 0.2) is 11.6 Å². The Labute approximate surface area is 142 Å². The van der Waals surface area contributed by atoms with Gasteiger partial charge in [0.2, 0.25) is 5.91 Å². The van der Waals surface area contributed by atoms with Crippen LogP contribution in [0.1, 0.15) is 15.9 Å². The van der Waals surface area contributed by atoms with Crippen molar-refractivity contribution in [1.82, 2.24) is 5.32 Å². The monoisotopic (exact) mass is 350 g/mol. The maximum atomic E-state index is 14.1. The number of carbonyl (C=O) groups is 2. The highest BCUT2D eigenvalue weighted by Gasteiger charge is 2.19. The van der Waals surface area contributed by atoms with Crippen LogP contribution in [0.15, 0.2) is 42.5 Å². The average Bonchev–Trinajstić information content (AvgIpc) is 2.58. The minimum atomic E-state index is -1.26. The van der Waals surface area contributed by atoms with E-state index >= 15 is 0 Å². The second-order valence-corrected chi connectivity index (χ2v) is 5.17. The number of hydrogen-bond donors (Lipinski definition) is 3. The van der Waals surface area contributed by atoms with Gasteiger partial charge in [-0.2, -0.15) is 0 Å². The van der Waals surface area contributed by atoms with Gasteiger partial charge in [-0.25, -0.2) is 8.78 Å². The number of nitrogens with two attached hydrogens (primary N) is 1. The van der Waals surface area contributed by atoms with Gasteiger partial charge < -0.3 is 20.9 Å². The molecule has 8 heteroatoms. The van der Waals surface area contributed by atoms with Crippen LogP contribution in [0.25, 0.3) is 0 Å². The summed E-state index contributed by atoms with van der Waals surface area (Å²) in [4.78, 5) is 22.9. The van der Waals surface area contributed by atoms with E-state index in [1.807, 2.05) is 0 Å². The Hall–Kier alpha value is -3.00. The van der Waals surface area contributed by atoms with Crippen molar-refractivity contribution in [3.63, 3.8) is 0 Å². The molecule has 6 nitrogen and oxygen atoms in total. The molecule has 1 atom stereocenters. The summed E-state index contributed by atoms with van der Waals surface area (Å²) in [6, 6.07) is 7.86. The molecular weight excluding hydrogens is 334 g/mol. The Morgan fingerprint density at radius 3 is 2.56 bits per heavy atom. The molecule has 2 amide bonds.